The van der Waals surface area contributed by atoms with E-state index in [1.165, 1.54) is 165 Å². The molecule has 0 aromatic heterocycles. The molecule has 0 heterocycles. The molecule has 0 saturated carbocycles. The standard InChI is InChI=1S/C80H50/c1-11-31-51(32-12-1)61-62(52-33-13-2-14-34-52)72-65(55-39-19-5-20-40-55)66(56-41-21-6-22-42-56)74-69(59-47-27-9-28-48-59)70(60-49-29-10-30-50-60)75-68(58-45-25-8-26-46-58)67(57-43-23-7-24-44-57)73-64(54-37-17-4-18-38-54)63(53-35-15-3-16-36-53)71(61)76-77(72)79(74)80(75)78(73)76/h1-50H. The fourth-order valence-corrected chi connectivity index (χ4v) is 13.9. The zero-order valence-electron chi connectivity index (χ0n) is 43.9. The van der Waals surface area contributed by atoms with Gasteiger partial charge in [0.05, 0.1) is 0 Å². The van der Waals surface area contributed by atoms with Crippen LogP contribution >= 0.6 is 0 Å². The average Bonchev–Trinajstić information content (AvgIpc) is 2.71. The first-order chi connectivity index (χ1) is 39.8. The Morgan fingerprint density at radius 2 is 0.175 bits per heavy atom. The molecule has 0 aliphatic heterocycles. The largest absolute Gasteiger partial charge is 0.0622 e. The zero-order valence-corrected chi connectivity index (χ0v) is 43.9. The van der Waals surface area contributed by atoms with E-state index in [1.54, 1.807) is 0 Å². The van der Waals surface area contributed by atoms with E-state index < -0.39 is 0 Å². The van der Waals surface area contributed by atoms with Gasteiger partial charge in [-0.25, -0.2) is 0 Å². The molecule has 370 valence electrons. The van der Waals surface area contributed by atoms with Gasteiger partial charge >= 0.3 is 0 Å². The third-order valence-corrected chi connectivity index (χ3v) is 16.9. The van der Waals surface area contributed by atoms with Crippen LogP contribution in [0.1, 0.15) is 0 Å². The van der Waals surface area contributed by atoms with Crippen LogP contribution in [0.5, 0.6) is 0 Å². The summed E-state index contributed by atoms with van der Waals surface area (Å²) in [6.07, 6.45) is 0. The van der Waals surface area contributed by atoms with E-state index in [4.69, 9.17) is 0 Å². The van der Waals surface area contributed by atoms with Crippen molar-refractivity contribution in [1.82, 2.24) is 0 Å². The van der Waals surface area contributed by atoms with E-state index in [9.17, 15) is 0 Å². The van der Waals surface area contributed by atoms with Gasteiger partial charge < -0.3 is 0 Å². The molecule has 16 aromatic carbocycles. The SMILES string of the molecule is c1ccc(-c2c(-c3ccccc3)c3c(-c4ccccc4)c(-c4ccccc4)c4c(-c5ccccc5)c(-c5ccccc5)c5c(-c6ccccc6)c(-c6ccccc6)c6c(-c7ccccc7)c(-c7ccccc7)c2c2c3c4c5c62)cc1. The molecule has 0 saturated heterocycles. The summed E-state index contributed by atoms with van der Waals surface area (Å²) in [5.74, 6) is 0. The van der Waals surface area contributed by atoms with Gasteiger partial charge in [-0.1, -0.05) is 303 Å². The van der Waals surface area contributed by atoms with Crippen LogP contribution in [0.25, 0.3) is 165 Å². The van der Waals surface area contributed by atoms with Gasteiger partial charge in [0.15, 0.2) is 0 Å². The van der Waals surface area contributed by atoms with E-state index in [2.05, 4.69) is 303 Å². The molecule has 0 aliphatic rings. The highest BCUT2D eigenvalue weighted by atomic mass is 14.4. The van der Waals surface area contributed by atoms with Crippen LogP contribution in [0.4, 0.5) is 0 Å². The maximum Gasteiger partial charge on any atom is -0.00000152 e. The van der Waals surface area contributed by atoms with Crippen molar-refractivity contribution in [1.29, 1.82) is 0 Å². The van der Waals surface area contributed by atoms with Crippen LogP contribution in [0.2, 0.25) is 0 Å². The monoisotopic (exact) mass is 1010 g/mol. The first-order valence-electron chi connectivity index (χ1n) is 27.9. The Morgan fingerprint density at radius 1 is 0.0875 bits per heavy atom. The molecule has 16 rings (SSSR count). The van der Waals surface area contributed by atoms with Gasteiger partial charge in [-0.2, -0.15) is 0 Å². The Balaban J connectivity index is 1.38. The molecule has 80 heavy (non-hydrogen) atoms. The molecular weight excluding hydrogens is 961 g/mol. The quantitative estimate of drug-likeness (QED) is 0.120. The number of hydrogen-bond acceptors (Lipinski definition) is 0. The summed E-state index contributed by atoms with van der Waals surface area (Å²) >= 11 is 0. The van der Waals surface area contributed by atoms with E-state index in [1.807, 2.05) is 0 Å². The normalized spacial score (nSPS) is 11.8. The smallest absolute Gasteiger partial charge is 0.00000152 e. The van der Waals surface area contributed by atoms with Crippen molar-refractivity contribution in [3.05, 3.63) is 303 Å². The Bertz CT molecular complexity index is 3840. The summed E-state index contributed by atoms with van der Waals surface area (Å²) in [5, 5.41) is 12.8. The van der Waals surface area contributed by atoms with E-state index in [0.717, 1.165) is 0 Å². The van der Waals surface area contributed by atoms with Crippen molar-refractivity contribution < 1.29 is 0 Å². The lowest BCUT2D eigenvalue weighted by Crippen LogP contribution is -1.99. The van der Waals surface area contributed by atoms with Crippen molar-refractivity contribution in [2.24, 2.45) is 0 Å². The maximum atomic E-state index is 2.35. The maximum absolute atomic E-state index is 2.35. The second-order valence-electron chi connectivity index (χ2n) is 21.2. The van der Waals surface area contributed by atoms with Crippen LogP contribution in [0.3, 0.4) is 0 Å². The molecule has 0 bridgehead atoms. The molecular formula is C80H50. The molecule has 0 amide bonds. The molecule has 0 unspecified atom stereocenters. The fraction of sp³-hybridized carbons (Fsp3) is 0. The highest BCUT2D eigenvalue weighted by Crippen LogP contribution is 2.67. The molecule has 0 radical (unpaired) electrons. The molecule has 0 N–H and O–H groups in total. The first-order valence-corrected chi connectivity index (χ1v) is 27.9. The van der Waals surface area contributed by atoms with E-state index in [0.29, 0.717) is 0 Å². The Morgan fingerprint density at radius 3 is 0.263 bits per heavy atom. The van der Waals surface area contributed by atoms with Crippen molar-refractivity contribution in [3.8, 4) is 111 Å². The minimum Gasteiger partial charge on any atom is -0.0622 e. The van der Waals surface area contributed by atoms with Gasteiger partial charge in [0.25, 0.3) is 0 Å². The van der Waals surface area contributed by atoms with Crippen LogP contribution < -0.4 is 0 Å². The molecule has 16 aromatic rings. The lowest BCUT2D eigenvalue weighted by Gasteiger charge is -2.27. The van der Waals surface area contributed by atoms with Crippen molar-refractivity contribution in [2.45, 2.75) is 0 Å². The summed E-state index contributed by atoms with van der Waals surface area (Å²) in [6.45, 7) is 0. The van der Waals surface area contributed by atoms with Crippen molar-refractivity contribution in [3.63, 3.8) is 0 Å². The zero-order chi connectivity index (χ0) is 52.7. The van der Waals surface area contributed by atoms with Gasteiger partial charge in [0, 0.05) is 0 Å². The molecule has 0 aliphatic carbocycles. The molecule has 0 atom stereocenters. The minimum absolute atomic E-state index is 1.18. The third kappa shape index (κ3) is 6.83. The predicted molar refractivity (Wildman–Crippen MR) is 342 cm³/mol. The number of rotatable bonds is 10. The highest BCUT2D eigenvalue weighted by molar-refractivity contribution is 6.56. The van der Waals surface area contributed by atoms with E-state index in [-0.39, 0.29) is 0 Å². The van der Waals surface area contributed by atoms with Gasteiger partial charge in [-0.15, -0.1) is 0 Å². The predicted octanol–water partition coefficient (Wildman–Crippen LogP) is 22.4. The second-order valence-corrected chi connectivity index (χ2v) is 21.2. The molecule has 0 spiro atoms. The molecule has 0 fully saturated rings. The second kappa shape index (κ2) is 18.7. The first kappa shape index (κ1) is 45.8. The van der Waals surface area contributed by atoms with Crippen LogP contribution in [-0.2, 0) is 0 Å². The van der Waals surface area contributed by atoms with Gasteiger partial charge in [0.2, 0.25) is 0 Å². The van der Waals surface area contributed by atoms with E-state index >= 15 is 0 Å². The summed E-state index contributed by atoms with van der Waals surface area (Å²) in [4.78, 5) is 0. The molecule has 0 heteroatoms. The number of benzene rings is 15. The fourth-order valence-electron chi connectivity index (χ4n) is 13.9. The van der Waals surface area contributed by atoms with Crippen molar-refractivity contribution >= 4 is 53.9 Å². The Hall–Kier alpha value is -10.4. The number of hydrogen-bond donors (Lipinski definition) is 0. The molecule has 0 nitrogen and oxygen atoms in total. The van der Waals surface area contributed by atoms with Gasteiger partial charge in [-0.3, -0.25) is 0 Å². The van der Waals surface area contributed by atoms with Crippen LogP contribution in [0.15, 0.2) is 303 Å². The average molecular weight is 1010 g/mol. The lowest BCUT2D eigenvalue weighted by molar-refractivity contribution is 1.60. The van der Waals surface area contributed by atoms with Crippen LogP contribution in [0, 0.1) is 0 Å². The van der Waals surface area contributed by atoms with Crippen LogP contribution in [-0.4, -0.2) is 0 Å². The minimum atomic E-state index is 1.18. The van der Waals surface area contributed by atoms with Gasteiger partial charge in [-0.05, 0) is 165 Å². The third-order valence-electron chi connectivity index (χ3n) is 16.9. The summed E-state index contributed by atoms with van der Waals surface area (Å²) in [5.41, 5.74) is 24.1. The summed E-state index contributed by atoms with van der Waals surface area (Å²) in [7, 11) is 0. The summed E-state index contributed by atoms with van der Waals surface area (Å²) < 4.78 is 0. The van der Waals surface area contributed by atoms with Crippen molar-refractivity contribution in [2.75, 3.05) is 0 Å². The lowest BCUT2D eigenvalue weighted by atomic mass is 9.75. The van der Waals surface area contributed by atoms with Gasteiger partial charge in [0.1, 0.15) is 0 Å². The Kier molecular flexibility index (Phi) is 10.7. The Labute approximate surface area is 465 Å². The highest BCUT2D eigenvalue weighted by Gasteiger charge is 2.39. The summed E-state index contributed by atoms with van der Waals surface area (Å²) in [6, 6.07) is 113. The topological polar surface area (TPSA) is 0 Å².